The highest BCUT2D eigenvalue weighted by molar-refractivity contribution is 5.76. The Morgan fingerprint density at radius 1 is 0.469 bits per heavy atom. The maximum absolute atomic E-state index is 13.0. The summed E-state index contributed by atoms with van der Waals surface area (Å²) in [6, 6.07) is -0.834. The van der Waals surface area contributed by atoms with Crippen molar-refractivity contribution in [1.82, 2.24) is 5.32 Å². The maximum Gasteiger partial charge on any atom is 0.305 e. The molecule has 472 valence electrons. The van der Waals surface area contributed by atoms with Crippen LogP contribution in [-0.4, -0.2) is 100 Å². The molecule has 0 saturated carbocycles. The monoisotopic (exact) mass is 1140 g/mol. The van der Waals surface area contributed by atoms with E-state index in [4.69, 9.17) is 14.2 Å². The molecule has 0 aromatic carbocycles. The van der Waals surface area contributed by atoms with Gasteiger partial charge in [0.15, 0.2) is 6.29 Å². The summed E-state index contributed by atoms with van der Waals surface area (Å²) in [6.45, 7) is 4.10. The minimum atomic E-state index is -1.58. The van der Waals surface area contributed by atoms with E-state index in [9.17, 15) is 35.1 Å². The summed E-state index contributed by atoms with van der Waals surface area (Å²) in [6.07, 6.45) is 68.1. The second-order valence-electron chi connectivity index (χ2n) is 23.5. The number of nitrogens with one attached hydrogen (secondary N) is 1. The minimum Gasteiger partial charge on any atom is -0.466 e. The molecule has 0 radical (unpaired) electrons. The van der Waals surface area contributed by atoms with Crippen LogP contribution in [0, 0.1) is 0 Å². The van der Waals surface area contributed by atoms with Crippen LogP contribution in [0.2, 0.25) is 0 Å². The fourth-order valence-electron chi connectivity index (χ4n) is 10.5. The highest BCUT2D eigenvalue weighted by Gasteiger charge is 2.44. The van der Waals surface area contributed by atoms with Gasteiger partial charge in [0.25, 0.3) is 0 Å². The first-order chi connectivity index (χ1) is 39.7. The number of esters is 1. The van der Waals surface area contributed by atoms with E-state index >= 15 is 0 Å². The first-order valence-corrected chi connectivity index (χ1v) is 34.0. The molecule has 0 spiro atoms. The van der Waals surface area contributed by atoms with E-state index in [0.29, 0.717) is 19.4 Å². The lowest BCUT2D eigenvalue weighted by Gasteiger charge is -2.40. The number of hydrogen-bond donors (Lipinski definition) is 6. The molecule has 0 aliphatic carbocycles. The van der Waals surface area contributed by atoms with E-state index in [1.165, 1.54) is 218 Å². The lowest BCUT2D eigenvalue weighted by atomic mass is 9.99. The third-order valence-corrected chi connectivity index (χ3v) is 15.9. The van der Waals surface area contributed by atoms with E-state index in [1.54, 1.807) is 6.08 Å². The molecule has 7 atom stereocenters. The van der Waals surface area contributed by atoms with Crippen molar-refractivity contribution in [3.63, 3.8) is 0 Å². The summed E-state index contributed by atoms with van der Waals surface area (Å²) in [7, 11) is 0. The van der Waals surface area contributed by atoms with Gasteiger partial charge in [-0.15, -0.1) is 0 Å². The van der Waals surface area contributed by atoms with Gasteiger partial charge in [0, 0.05) is 12.8 Å². The number of hydrogen-bond acceptors (Lipinski definition) is 10. The molecular formula is C70H127NO10. The smallest absolute Gasteiger partial charge is 0.305 e. The number of carbonyl (C=O) groups excluding carboxylic acids is 2. The van der Waals surface area contributed by atoms with Gasteiger partial charge in [0.2, 0.25) is 5.91 Å². The molecule has 1 aliphatic rings. The van der Waals surface area contributed by atoms with E-state index in [-0.39, 0.29) is 18.5 Å². The van der Waals surface area contributed by atoms with Crippen LogP contribution in [0.25, 0.3) is 0 Å². The van der Waals surface area contributed by atoms with Gasteiger partial charge in [0.1, 0.15) is 24.4 Å². The molecule has 1 heterocycles. The van der Waals surface area contributed by atoms with E-state index < -0.39 is 49.5 Å². The van der Waals surface area contributed by atoms with Crippen molar-refractivity contribution in [3.05, 3.63) is 60.8 Å². The standard InChI is InChI=1S/C70H127NO10/c1-3-5-7-9-11-13-14-15-16-32-35-38-42-46-50-54-58-66(75)79-59-55-51-47-43-39-36-33-30-28-26-24-22-20-18-17-19-21-23-25-27-29-31-34-37-41-45-49-53-57-65(74)71-62(63(73)56-52-48-44-40-12-10-8-6-4-2)61-80-70-69(78)68(77)67(76)64(60-72)81-70/h4,6,12,16-18,32,40,52,56,62-64,67-70,72-73,76-78H,3,5,7-11,13-15,19-31,33-39,41-51,53-55,57-61H2,1-2H3,(H,71,74)/b6-4+,18-17-,32-16-,40-12+,56-52+. The van der Waals surface area contributed by atoms with Crippen molar-refractivity contribution in [2.45, 2.75) is 352 Å². The number of unbranched alkanes of at least 4 members (excludes halogenated alkanes) is 38. The van der Waals surface area contributed by atoms with Gasteiger partial charge < -0.3 is 45.1 Å². The summed E-state index contributed by atoms with van der Waals surface area (Å²) in [5, 5.41) is 54.2. The summed E-state index contributed by atoms with van der Waals surface area (Å²) in [5.74, 6) is -0.201. The van der Waals surface area contributed by atoms with Crippen LogP contribution in [0.4, 0.5) is 0 Å². The molecular weight excluding hydrogens is 1010 g/mol. The molecule has 0 bridgehead atoms. The van der Waals surface area contributed by atoms with Crippen molar-refractivity contribution >= 4 is 11.9 Å². The molecule has 1 fully saturated rings. The predicted molar refractivity (Wildman–Crippen MR) is 338 cm³/mol. The van der Waals surface area contributed by atoms with Crippen LogP contribution in [-0.2, 0) is 23.8 Å². The van der Waals surface area contributed by atoms with Gasteiger partial charge in [-0.1, -0.05) is 254 Å². The third-order valence-electron chi connectivity index (χ3n) is 15.9. The highest BCUT2D eigenvalue weighted by Crippen LogP contribution is 2.23. The molecule has 6 N–H and O–H groups in total. The topological polar surface area (TPSA) is 175 Å². The molecule has 7 unspecified atom stereocenters. The Kier molecular flexibility index (Phi) is 55.7. The largest absolute Gasteiger partial charge is 0.466 e. The van der Waals surface area contributed by atoms with Crippen molar-refractivity contribution in [2.24, 2.45) is 0 Å². The van der Waals surface area contributed by atoms with Crippen molar-refractivity contribution in [2.75, 3.05) is 19.8 Å². The van der Waals surface area contributed by atoms with Crippen LogP contribution in [0.5, 0.6) is 0 Å². The number of rotatable bonds is 59. The Morgan fingerprint density at radius 2 is 0.852 bits per heavy atom. The second kappa shape index (κ2) is 59.1. The van der Waals surface area contributed by atoms with Gasteiger partial charge in [-0.2, -0.15) is 0 Å². The number of allylic oxidation sites excluding steroid dienone is 9. The quantitative estimate of drug-likeness (QED) is 0.0195. The number of aliphatic hydroxyl groups excluding tert-OH is 5. The van der Waals surface area contributed by atoms with Gasteiger partial charge in [-0.3, -0.25) is 9.59 Å². The van der Waals surface area contributed by atoms with E-state index in [1.807, 2.05) is 19.1 Å². The maximum atomic E-state index is 13.0. The zero-order valence-corrected chi connectivity index (χ0v) is 52.2. The predicted octanol–water partition coefficient (Wildman–Crippen LogP) is 17.0. The molecule has 11 nitrogen and oxygen atoms in total. The van der Waals surface area contributed by atoms with Crippen molar-refractivity contribution < 1.29 is 49.3 Å². The summed E-state index contributed by atoms with van der Waals surface area (Å²) in [5.41, 5.74) is 0. The fourth-order valence-corrected chi connectivity index (χ4v) is 10.5. The van der Waals surface area contributed by atoms with Crippen LogP contribution < -0.4 is 5.32 Å². The van der Waals surface area contributed by atoms with Gasteiger partial charge in [-0.25, -0.2) is 0 Å². The lowest BCUT2D eigenvalue weighted by Crippen LogP contribution is -2.60. The molecule has 1 saturated heterocycles. The Labute approximate surface area is 497 Å². The molecule has 1 rings (SSSR count). The minimum absolute atomic E-state index is 0.00156. The second-order valence-corrected chi connectivity index (χ2v) is 23.5. The molecule has 81 heavy (non-hydrogen) atoms. The average Bonchev–Trinajstić information content (AvgIpc) is 3.47. The summed E-state index contributed by atoms with van der Waals surface area (Å²) >= 11 is 0. The average molecular weight is 1140 g/mol. The molecule has 1 aliphatic heterocycles. The first kappa shape index (κ1) is 76.4. The highest BCUT2D eigenvalue weighted by atomic mass is 16.7. The van der Waals surface area contributed by atoms with Gasteiger partial charge >= 0.3 is 5.97 Å². The summed E-state index contributed by atoms with van der Waals surface area (Å²) in [4.78, 5) is 25.1. The molecule has 0 aromatic rings. The van der Waals surface area contributed by atoms with E-state index in [2.05, 4.69) is 54.8 Å². The fraction of sp³-hybridized carbons (Fsp3) is 0.829. The van der Waals surface area contributed by atoms with Gasteiger partial charge in [-0.05, 0) is 103 Å². The van der Waals surface area contributed by atoms with Crippen LogP contribution >= 0.6 is 0 Å². The first-order valence-electron chi connectivity index (χ1n) is 34.0. The Bertz CT molecular complexity index is 1530. The van der Waals surface area contributed by atoms with E-state index in [0.717, 1.165) is 64.2 Å². The normalized spacial score (nSPS) is 18.6. The van der Waals surface area contributed by atoms with Crippen molar-refractivity contribution in [1.29, 1.82) is 0 Å². The zero-order chi connectivity index (χ0) is 58.7. The zero-order valence-electron chi connectivity index (χ0n) is 52.2. The molecule has 1 amide bonds. The Balaban J connectivity index is 1.93. The Hall–Kier alpha value is -2.64. The third kappa shape index (κ3) is 48.3. The van der Waals surface area contributed by atoms with Crippen LogP contribution in [0.1, 0.15) is 309 Å². The van der Waals surface area contributed by atoms with Crippen LogP contribution in [0.3, 0.4) is 0 Å². The molecule has 0 aromatic heterocycles. The van der Waals surface area contributed by atoms with Crippen LogP contribution in [0.15, 0.2) is 60.8 Å². The summed E-state index contributed by atoms with van der Waals surface area (Å²) < 4.78 is 16.7. The number of aliphatic hydroxyl groups is 5. The Morgan fingerprint density at radius 3 is 1.30 bits per heavy atom. The number of ether oxygens (including phenoxy) is 3. The van der Waals surface area contributed by atoms with Crippen molar-refractivity contribution in [3.8, 4) is 0 Å². The number of carbonyl (C=O) groups is 2. The van der Waals surface area contributed by atoms with Gasteiger partial charge in [0.05, 0.1) is 32.0 Å². The SMILES string of the molecule is C/C=C/CC/C=C/CC/C=C/C(O)C(COC1OC(CO)C(O)C(O)C1O)NC(=O)CCCCCCCCCCCCCC/C=C\CCCCCCCCCCCCCCOC(=O)CCCCCCC/C=C\CCCCCCCCC. The number of amides is 1. The lowest BCUT2D eigenvalue weighted by molar-refractivity contribution is -0.302. The molecule has 11 heteroatoms.